The molecule has 1 aromatic carbocycles. The van der Waals surface area contributed by atoms with Gasteiger partial charge in [0.2, 0.25) is 0 Å². The van der Waals surface area contributed by atoms with Crippen molar-refractivity contribution in [2.24, 2.45) is 0 Å². The lowest BCUT2D eigenvalue weighted by molar-refractivity contribution is 0.0950. The molecule has 0 atom stereocenters. The summed E-state index contributed by atoms with van der Waals surface area (Å²) in [4.78, 5) is 20.3. The smallest absolute Gasteiger partial charge is 0.251 e. The van der Waals surface area contributed by atoms with Crippen LogP contribution in [-0.2, 0) is 0 Å². The van der Waals surface area contributed by atoms with Crippen molar-refractivity contribution in [3.63, 3.8) is 0 Å². The maximum atomic E-state index is 12.3. The molecule has 1 aliphatic carbocycles. The Balaban J connectivity index is 2.00. The zero-order valence-corrected chi connectivity index (χ0v) is 13.8. The molecule has 0 unspecified atom stereocenters. The van der Waals surface area contributed by atoms with Gasteiger partial charge in [0.05, 0.1) is 5.69 Å². The number of nitrogens with one attached hydrogen (secondary N) is 2. The predicted molar refractivity (Wildman–Crippen MR) is 88.5 cm³/mol. The van der Waals surface area contributed by atoms with Crippen molar-refractivity contribution in [3.8, 4) is 11.3 Å². The van der Waals surface area contributed by atoms with Gasteiger partial charge in [0.15, 0.2) is 0 Å². The van der Waals surface area contributed by atoms with Crippen molar-refractivity contribution in [2.75, 3.05) is 13.2 Å². The highest BCUT2D eigenvalue weighted by Gasteiger charge is 2.28. The van der Waals surface area contributed by atoms with Crippen molar-refractivity contribution < 1.29 is 9.18 Å². The summed E-state index contributed by atoms with van der Waals surface area (Å²) in [7, 11) is 0. The SMILES string of the molecule is Cc1cc(C)c(-c2nc(C3CC3)[nH]c2C)cc1C(=O)NCCF. The van der Waals surface area contributed by atoms with Gasteiger partial charge in [0.1, 0.15) is 12.5 Å². The molecule has 1 amide bonds. The van der Waals surface area contributed by atoms with Crippen LogP contribution in [0.4, 0.5) is 4.39 Å². The normalized spacial score (nSPS) is 14.1. The van der Waals surface area contributed by atoms with E-state index in [1.165, 1.54) is 12.8 Å². The van der Waals surface area contributed by atoms with Crippen LogP contribution in [-0.4, -0.2) is 29.1 Å². The number of hydrogen-bond acceptors (Lipinski definition) is 2. The van der Waals surface area contributed by atoms with Gasteiger partial charge in [-0.15, -0.1) is 0 Å². The Morgan fingerprint density at radius 2 is 2.04 bits per heavy atom. The maximum Gasteiger partial charge on any atom is 0.251 e. The number of halogens is 1. The quantitative estimate of drug-likeness (QED) is 0.886. The van der Waals surface area contributed by atoms with E-state index >= 15 is 0 Å². The number of hydrogen-bond donors (Lipinski definition) is 2. The third-order valence-corrected chi connectivity index (χ3v) is 4.32. The first-order chi connectivity index (χ1) is 11.0. The second-order valence-electron chi connectivity index (χ2n) is 6.30. The lowest BCUT2D eigenvalue weighted by atomic mass is 9.97. The Kier molecular flexibility index (Phi) is 4.20. The number of amides is 1. The summed E-state index contributed by atoms with van der Waals surface area (Å²) in [6.07, 6.45) is 2.38. The monoisotopic (exact) mass is 315 g/mol. The Bertz CT molecular complexity index is 747. The fourth-order valence-corrected chi connectivity index (χ4v) is 2.90. The summed E-state index contributed by atoms with van der Waals surface area (Å²) in [6, 6.07) is 3.86. The first-order valence-corrected chi connectivity index (χ1v) is 8.03. The van der Waals surface area contributed by atoms with Gasteiger partial charge in [-0.25, -0.2) is 9.37 Å². The van der Waals surface area contributed by atoms with Crippen molar-refractivity contribution in [1.82, 2.24) is 15.3 Å². The molecule has 23 heavy (non-hydrogen) atoms. The summed E-state index contributed by atoms with van der Waals surface area (Å²) in [5, 5.41) is 2.59. The Hall–Kier alpha value is -2.17. The molecule has 1 aromatic heterocycles. The first-order valence-electron chi connectivity index (χ1n) is 8.03. The summed E-state index contributed by atoms with van der Waals surface area (Å²) in [5.74, 6) is 1.36. The minimum Gasteiger partial charge on any atom is -0.349 e. The number of benzene rings is 1. The summed E-state index contributed by atoms with van der Waals surface area (Å²) in [5.41, 5.74) is 5.44. The molecule has 0 bridgehead atoms. The van der Waals surface area contributed by atoms with Crippen LogP contribution in [0.5, 0.6) is 0 Å². The third kappa shape index (κ3) is 3.14. The highest BCUT2D eigenvalue weighted by Crippen LogP contribution is 2.40. The van der Waals surface area contributed by atoms with Crippen LogP contribution >= 0.6 is 0 Å². The van der Waals surface area contributed by atoms with E-state index in [9.17, 15) is 9.18 Å². The van der Waals surface area contributed by atoms with E-state index in [4.69, 9.17) is 4.98 Å². The highest BCUT2D eigenvalue weighted by atomic mass is 19.1. The summed E-state index contributed by atoms with van der Waals surface area (Å²) >= 11 is 0. The highest BCUT2D eigenvalue weighted by molar-refractivity contribution is 5.97. The molecule has 1 aliphatic rings. The van der Waals surface area contributed by atoms with Crippen molar-refractivity contribution in [3.05, 3.63) is 40.3 Å². The molecule has 2 N–H and O–H groups in total. The number of alkyl halides is 1. The third-order valence-electron chi connectivity index (χ3n) is 4.32. The fraction of sp³-hybridized carbons (Fsp3) is 0.444. The van der Waals surface area contributed by atoms with Crippen LogP contribution in [0.25, 0.3) is 11.3 Å². The van der Waals surface area contributed by atoms with E-state index in [0.717, 1.165) is 33.9 Å². The molecule has 1 saturated carbocycles. The molecule has 4 nitrogen and oxygen atoms in total. The lowest BCUT2D eigenvalue weighted by Gasteiger charge is -2.11. The van der Waals surface area contributed by atoms with E-state index in [-0.39, 0.29) is 12.5 Å². The molecule has 5 heteroatoms. The second kappa shape index (κ2) is 6.14. The van der Waals surface area contributed by atoms with Crippen molar-refractivity contribution in [1.29, 1.82) is 0 Å². The predicted octanol–water partition coefficient (Wildman–Crippen LogP) is 3.58. The molecule has 2 aromatic rings. The number of aryl methyl sites for hydroxylation is 3. The number of imidazole rings is 1. The molecule has 0 aliphatic heterocycles. The molecule has 1 heterocycles. The first kappa shape index (κ1) is 15.7. The number of H-pyrrole nitrogens is 1. The average molecular weight is 315 g/mol. The molecule has 0 radical (unpaired) electrons. The Labute approximate surface area is 135 Å². The van der Waals surface area contributed by atoms with E-state index in [0.29, 0.717) is 11.5 Å². The standard InChI is InChI=1S/C18H22FN3O/c1-10-8-11(2)15(18(23)20-7-6-19)9-14(10)16-12(3)21-17(22-16)13-4-5-13/h8-9,13H,4-7H2,1-3H3,(H,20,23)(H,21,22). The second-order valence-corrected chi connectivity index (χ2v) is 6.30. The summed E-state index contributed by atoms with van der Waals surface area (Å²) in [6.45, 7) is 5.41. The Morgan fingerprint density at radius 3 is 2.70 bits per heavy atom. The average Bonchev–Trinajstić information content (AvgIpc) is 3.29. The van der Waals surface area contributed by atoms with Crippen LogP contribution in [0, 0.1) is 20.8 Å². The number of aromatic amines is 1. The Morgan fingerprint density at radius 1 is 1.30 bits per heavy atom. The summed E-state index contributed by atoms with van der Waals surface area (Å²) < 4.78 is 12.3. The minimum atomic E-state index is -0.563. The zero-order valence-electron chi connectivity index (χ0n) is 13.8. The largest absolute Gasteiger partial charge is 0.349 e. The van der Waals surface area contributed by atoms with Gasteiger partial charge in [-0.05, 0) is 50.8 Å². The van der Waals surface area contributed by atoms with Gasteiger partial charge in [0.25, 0.3) is 5.91 Å². The van der Waals surface area contributed by atoms with Gasteiger partial charge >= 0.3 is 0 Å². The number of carbonyl (C=O) groups excluding carboxylic acids is 1. The van der Waals surface area contributed by atoms with Crippen LogP contribution < -0.4 is 5.32 Å². The molecule has 1 fully saturated rings. The lowest BCUT2D eigenvalue weighted by Crippen LogP contribution is -2.26. The van der Waals surface area contributed by atoms with Crippen molar-refractivity contribution in [2.45, 2.75) is 39.5 Å². The van der Waals surface area contributed by atoms with Gasteiger partial charge < -0.3 is 10.3 Å². The van der Waals surface area contributed by atoms with Crippen LogP contribution in [0.1, 0.15) is 51.8 Å². The number of rotatable bonds is 5. The van der Waals surface area contributed by atoms with E-state index in [1.54, 1.807) is 0 Å². The molecule has 122 valence electrons. The molecule has 3 rings (SSSR count). The van der Waals surface area contributed by atoms with Gasteiger partial charge in [-0.2, -0.15) is 0 Å². The molecule has 0 spiro atoms. The van der Waals surface area contributed by atoms with Gasteiger partial charge in [-0.3, -0.25) is 4.79 Å². The van der Waals surface area contributed by atoms with Crippen LogP contribution in [0.2, 0.25) is 0 Å². The van der Waals surface area contributed by atoms with Crippen LogP contribution in [0.15, 0.2) is 12.1 Å². The van der Waals surface area contributed by atoms with E-state index in [2.05, 4.69) is 10.3 Å². The van der Waals surface area contributed by atoms with Gasteiger partial charge in [0, 0.05) is 29.3 Å². The maximum absolute atomic E-state index is 12.3. The number of carbonyl (C=O) groups is 1. The van der Waals surface area contributed by atoms with Crippen LogP contribution in [0.3, 0.4) is 0 Å². The van der Waals surface area contributed by atoms with E-state index < -0.39 is 6.67 Å². The topological polar surface area (TPSA) is 57.8 Å². The number of aromatic nitrogens is 2. The van der Waals surface area contributed by atoms with Crippen molar-refractivity contribution >= 4 is 5.91 Å². The van der Waals surface area contributed by atoms with Gasteiger partial charge in [-0.1, -0.05) is 6.07 Å². The molecule has 0 saturated heterocycles. The molecular weight excluding hydrogens is 293 g/mol. The number of nitrogens with zero attached hydrogens (tertiary/aromatic N) is 1. The molecular formula is C18H22FN3O. The minimum absolute atomic E-state index is 0.0365. The fourth-order valence-electron chi connectivity index (χ4n) is 2.90. The van der Waals surface area contributed by atoms with E-state index in [1.807, 2.05) is 32.9 Å². The zero-order chi connectivity index (χ0) is 16.6.